The molecule has 2 rings (SSSR count). The second kappa shape index (κ2) is 8.97. The van der Waals surface area contributed by atoms with Gasteiger partial charge in [0.15, 0.2) is 0 Å². The van der Waals surface area contributed by atoms with Gasteiger partial charge in [0.25, 0.3) is 0 Å². The molecule has 0 saturated heterocycles. The largest absolute Gasteiger partial charge is 0.374 e. The standard InChI is InChI=1S/C19H23Cl2N3O/c1-4-24(5-2)14-9-10-17(13(3)11-14)23-18(25)12-22-19-15(20)7-6-8-16(19)21/h6-11,22H,4-5,12H2,1-3H3,(H,23,25). The van der Waals surface area contributed by atoms with Crippen LogP contribution in [0.2, 0.25) is 10.0 Å². The van der Waals surface area contributed by atoms with Gasteiger partial charge in [0.2, 0.25) is 5.91 Å². The molecule has 1 amide bonds. The molecule has 2 aromatic carbocycles. The molecule has 0 radical (unpaired) electrons. The lowest BCUT2D eigenvalue weighted by Gasteiger charge is -2.22. The first kappa shape index (κ1) is 19.4. The number of carbonyl (C=O) groups excluding carboxylic acids is 1. The number of hydrogen-bond acceptors (Lipinski definition) is 3. The van der Waals surface area contributed by atoms with Crippen LogP contribution in [0.4, 0.5) is 17.1 Å². The summed E-state index contributed by atoms with van der Waals surface area (Å²) in [4.78, 5) is 14.5. The Labute approximate surface area is 159 Å². The quantitative estimate of drug-likeness (QED) is 0.694. The summed E-state index contributed by atoms with van der Waals surface area (Å²) in [5.41, 5.74) is 3.54. The number of nitrogens with zero attached hydrogens (tertiary/aromatic N) is 1. The third kappa shape index (κ3) is 5.03. The molecule has 0 spiro atoms. The van der Waals surface area contributed by atoms with Crippen molar-refractivity contribution < 1.29 is 4.79 Å². The van der Waals surface area contributed by atoms with E-state index in [1.807, 2.05) is 19.1 Å². The maximum Gasteiger partial charge on any atom is 0.243 e. The van der Waals surface area contributed by atoms with Crippen molar-refractivity contribution in [2.45, 2.75) is 20.8 Å². The van der Waals surface area contributed by atoms with Crippen molar-refractivity contribution >= 4 is 46.2 Å². The van der Waals surface area contributed by atoms with Crippen LogP contribution in [0, 0.1) is 6.92 Å². The molecule has 4 nitrogen and oxygen atoms in total. The molecule has 0 unspecified atom stereocenters. The first-order valence-corrected chi connectivity index (χ1v) is 9.05. The predicted octanol–water partition coefficient (Wildman–Crippen LogP) is 5.20. The monoisotopic (exact) mass is 379 g/mol. The maximum absolute atomic E-state index is 12.2. The molecule has 0 aliphatic carbocycles. The molecular formula is C19H23Cl2N3O. The lowest BCUT2D eigenvalue weighted by Crippen LogP contribution is -2.23. The van der Waals surface area contributed by atoms with Gasteiger partial charge < -0.3 is 15.5 Å². The highest BCUT2D eigenvalue weighted by atomic mass is 35.5. The summed E-state index contributed by atoms with van der Waals surface area (Å²) < 4.78 is 0. The van der Waals surface area contributed by atoms with Gasteiger partial charge in [-0.05, 0) is 56.7 Å². The van der Waals surface area contributed by atoms with Crippen LogP contribution in [0.15, 0.2) is 36.4 Å². The Bertz CT molecular complexity index is 725. The van der Waals surface area contributed by atoms with Crippen molar-refractivity contribution in [2.75, 3.05) is 35.2 Å². The van der Waals surface area contributed by atoms with Crippen LogP contribution in [0.5, 0.6) is 0 Å². The Morgan fingerprint density at radius 3 is 2.28 bits per heavy atom. The number of halogens is 2. The first-order valence-electron chi connectivity index (χ1n) is 8.29. The number of hydrogen-bond donors (Lipinski definition) is 2. The van der Waals surface area contributed by atoms with Gasteiger partial charge in [0, 0.05) is 24.5 Å². The van der Waals surface area contributed by atoms with Crippen LogP contribution in [0.1, 0.15) is 19.4 Å². The molecule has 2 N–H and O–H groups in total. The zero-order valence-corrected chi connectivity index (χ0v) is 16.2. The molecular weight excluding hydrogens is 357 g/mol. The summed E-state index contributed by atoms with van der Waals surface area (Å²) in [6.07, 6.45) is 0. The highest BCUT2D eigenvalue weighted by Gasteiger charge is 2.10. The molecule has 0 atom stereocenters. The third-order valence-corrected chi connectivity index (χ3v) is 4.63. The number of aryl methyl sites for hydroxylation is 1. The summed E-state index contributed by atoms with van der Waals surface area (Å²) in [5, 5.41) is 6.87. The van der Waals surface area contributed by atoms with E-state index in [2.05, 4.69) is 35.4 Å². The Morgan fingerprint density at radius 2 is 1.72 bits per heavy atom. The molecule has 6 heteroatoms. The summed E-state index contributed by atoms with van der Waals surface area (Å²) in [5.74, 6) is -0.158. The van der Waals surface area contributed by atoms with Crippen molar-refractivity contribution in [1.82, 2.24) is 0 Å². The van der Waals surface area contributed by atoms with Crippen molar-refractivity contribution in [2.24, 2.45) is 0 Å². The molecule has 134 valence electrons. The van der Waals surface area contributed by atoms with Crippen molar-refractivity contribution in [3.63, 3.8) is 0 Å². The van der Waals surface area contributed by atoms with Crippen LogP contribution in [0.25, 0.3) is 0 Å². The third-order valence-electron chi connectivity index (χ3n) is 4.00. The second-order valence-corrected chi connectivity index (χ2v) is 6.48. The van der Waals surface area contributed by atoms with Gasteiger partial charge in [-0.3, -0.25) is 4.79 Å². The summed E-state index contributed by atoms with van der Waals surface area (Å²) in [6.45, 7) is 8.22. The molecule has 25 heavy (non-hydrogen) atoms. The predicted molar refractivity (Wildman–Crippen MR) is 108 cm³/mol. The van der Waals surface area contributed by atoms with Crippen molar-refractivity contribution in [1.29, 1.82) is 0 Å². The van der Waals surface area contributed by atoms with E-state index in [0.29, 0.717) is 15.7 Å². The van der Waals surface area contributed by atoms with E-state index in [-0.39, 0.29) is 12.5 Å². The number of carbonyl (C=O) groups is 1. The van der Waals surface area contributed by atoms with Gasteiger partial charge in [0.05, 0.1) is 22.3 Å². The van der Waals surface area contributed by atoms with Crippen molar-refractivity contribution in [3.8, 4) is 0 Å². The van der Waals surface area contributed by atoms with Gasteiger partial charge in [-0.1, -0.05) is 29.3 Å². The van der Waals surface area contributed by atoms with E-state index in [1.165, 1.54) is 0 Å². The molecule has 0 aliphatic rings. The lowest BCUT2D eigenvalue weighted by molar-refractivity contribution is -0.114. The summed E-state index contributed by atoms with van der Waals surface area (Å²) >= 11 is 12.2. The highest BCUT2D eigenvalue weighted by Crippen LogP contribution is 2.29. The number of rotatable bonds is 7. The van der Waals surface area contributed by atoms with E-state index >= 15 is 0 Å². The molecule has 0 saturated carbocycles. The average Bonchev–Trinajstić information content (AvgIpc) is 2.58. The topological polar surface area (TPSA) is 44.4 Å². The minimum absolute atomic E-state index is 0.0840. The number of amides is 1. The average molecular weight is 380 g/mol. The van der Waals surface area contributed by atoms with Crippen LogP contribution >= 0.6 is 23.2 Å². The molecule has 0 fully saturated rings. The lowest BCUT2D eigenvalue weighted by atomic mass is 10.1. The Kier molecular flexibility index (Phi) is 6.97. The number of anilines is 3. The summed E-state index contributed by atoms with van der Waals surface area (Å²) in [7, 11) is 0. The minimum atomic E-state index is -0.158. The SMILES string of the molecule is CCN(CC)c1ccc(NC(=O)CNc2c(Cl)cccc2Cl)c(C)c1. The van der Waals surface area contributed by atoms with Crippen LogP contribution < -0.4 is 15.5 Å². The van der Waals surface area contributed by atoms with Gasteiger partial charge in [-0.15, -0.1) is 0 Å². The molecule has 0 aliphatic heterocycles. The van der Waals surface area contributed by atoms with E-state index in [9.17, 15) is 4.79 Å². The fourth-order valence-corrected chi connectivity index (χ4v) is 3.13. The molecule has 0 bridgehead atoms. The number of benzene rings is 2. The molecule has 0 heterocycles. The zero-order valence-electron chi connectivity index (χ0n) is 14.7. The fraction of sp³-hybridized carbons (Fsp3) is 0.316. The summed E-state index contributed by atoms with van der Waals surface area (Å²) in [6, 6.07) is 11.3. The van der Waals surface area contributed by atoms with E-state index in [0.717, 1.165) is 30.0 Å². The van der Waals surface area contributed by atoms with Gasteiger partial charge >= 0.3 is 0 Å². The van der Waals surface area contributed by atoms with Gasteiger partial charge in [-0.25, -0.2) is 0 Å². The molecule has 2 aromatic rings. The van der Waals surface area contributed by atoms with Crippen LogP contribution in [0.3, 0.4) is 0 Å². The Balaban J connectivity index is 2.01. The van der Waals surface area contributed by atoms with Crippen molar-refractivity contribution in [3.05, 3.63) is 52.0 Å². The van der Waals surface area contributed by atoms with Crippen LogP contribution in [-0.2, 0) is 4.79 Å². The van der Waals surface area contributed by atoms with Gasteiger partial charge in [0.1, 0.15) is 0 Å². The number of nitrogens with one attached hydrogen (secondary N) is 2. The fourth-order valence-electron chi connectivity index (χ4n) is 2.60. The zero-order chi connectivity index (χ0) is 18.4. The van der Waals surface area contributed by atoms with Gasteiger partial charge in [-0.2, -0.15) is 0 Å². The smallest absolute Gasteiger partial charge is 0.243 e. The van der Waals surface area contributed by atoms with E-state index in [1.54, 1.807) is 18.2 Å². The highest BCUT2D eigenvalue weighted by molar-refractivity contribution is 6.39. The van der Waals surface area contributed by atoms with E-state index in [4.69, 9.17) is 23.2 Å². The number of para-hydroxylation sites is 1. The normalized spacial score (nSPS) is 10.4. The minimum Gasteiger partial charge on any atom is -0.374 e. The molecule has 0 aromatic heterocycles. The maximum atomic E-state index is 12.2. The Morgan fingerprint density at radius 1 is 1.08 bits per heavy atom. The first-order chi connectivity index (χ1) is 12.0. The van der Waals surface area contributed by atoms with Crippen LogP contribution in [-0.4, -0.2) is 25.5 Å². The van der Waals surface area contributed by atoms with E-state index < -0.39 is 0 Å². The second-order valence-electron chi connectivity index (χ2n) is 5.67. The Hall–Kier alpha value is -1.91.